The molecule has 1 heterocycles. The maximum absolute atomic E-state index is 5.93. The molecule has 0 unspecified atom stereocenters. The van der Waals surface area contributed by atoms with Gasteiger partial charge in [-0.15, -0.1) is 0 Å². The van der Waals surface area contributed by atoms with Crippen LogP contribution < -0.4 is 20.5 Å². The molecule has 4 aromatic rings. The Bertz CT molecular complexity index is 1140. The lowest BCUT2D eigenvalue weighted by molar-refractivity contribution is 0.415. The minimum absolute atomic E-state index is 0.690. The van der Waals surface area contributed by atoms with Crippen molar-refractivity contribution in [1.29, 1.82) is 0 Å². The van der Waals surface area contributed by atoms with E-state index < -0.39 is 0 Å². The standard InChI is InChI=1S/C22H20N4O2/c1-27-17-7-8-18-19(12-17)24-13-25-22(18)26-20-11-15(6-9-21(20)28-2)14-4-3-5-16(23)10-14/h3-13H,23H2,1-2H3,(H,24,25,26). The molecule has 0 bridgehead atoms. The molecule has 28 heavy (non-hydrogen) atoms. The van der Waals surface area contributed by atoms with Crippen molar-refractivity contribution >= 4 is 28.1 Å². The van der Waals surface area contributed by atoms with Crippen LogP contribution in [-0.4, -0.2) is 24.2 Å². The SMILES string of the molecule is COc1ccc2c(Nc3cc(-c4cccc(N)c4)ccc3OC)ncnc2c1. The predicted octanol–water partition coefficient (Wildman–Crippen LogP) is 4.64. The van der Waals surface area contributed by atoms with Gasteiger partial charge in [-0.3, -0.25) is 0 Å². The summed E-state index contributed by atoms with van der Waals surface area (Å²) in [6, 6.07) is 19.4. The first kappa shape index (κ1) is 17.6. The number of nitrogens with two attached hydrogens (primary N) is 1. The molecular weight excluding hydrogens is 352 g/mol. The van der Waals surface area contributed by atoms with Gasteiger partial charge in [0.15, 0.2) is 0 Å². The van der Waals surface area contributed by atoms with E-state index in [1.54, 1.807) is 14.2 Å². The summed E-state index contributed by atoms with van der Waals surface area (Å²) in [5, 5.41) is 4.27. The molecule has 0 aliphatic rings. The highest BCUT2D eigenvalue weighted by molar-refractivity contribution is 5.92. The van der Waals surface area contributed by atoms with Crippen molar-refractivity contribution in [2.75, 3.05) is 25.3 Å². The number of nitrogen functional groups attached to an aromatic ring is 1. The van der Waals surface area contributed by atoms with Crippen LogP contribution in [0.3, 0.4) is 0 Å². The number of nitrogens with one attached hydrogen (secondary N) is 1. The average molecular weight is 372 g/mol. The van der Waals surface area contributed by atoms with Gasteiger partial charge in [-0.05, 0) is 47.5 Å². The molecule has 0 amide bonds. The van der Waals surface area contributed by atoms with E-state index in [1.807, 2.05) is 60.7 Å². The Morgan fingerprint density at radius 3 is 2.50 bits per heavy atom. The molecular formula is C22H20N4O2. The smallest absolute Gasteiger partial charge is 0.142 e. The molecule has 0 spiro atoms. The van der Waals surface area contributed by atoms with Crippen LogP contribution in [0.1, 0.15) is 0 Å². The molecule has 140 valence electrons. The minimum atomic E-state index is 0.690. The van der Waals surface area contributed by atoms with Crippen molar-refractivity contribution in [3.8, 4) is 22.6 Å². The minimum Gasteiger partial charge on any atom is -0.497 e. The van der Waals surface area contributed by atoms with Crippen LogP contribution in [0.5, 0.6) is 11.5 Å². The maximum Gasteiger partial charge on any atom is 0.142 e. The van der Waals surface area contributed by atoms with E-state index in [0.717, 1.165) is 39.2 Å². The molecule has 4 rings (SSSR count). The average Bonchev–Trinajstić information content (AvgIpc) is 2.73. The topological polar surface area (TPSA) is 82.3 Å². The molecule has 3 aromatic carbocycles. The van der Waals surface area contributed by atoms with Crippen molar-refractivity contribution in [2.45, 2.75) is 0 Å². The molecule has 0 aliphatic carbocycles. The lowest BCUT2D eigenvalue weighted by Gasteiger charge is -2.14. The number of nitrogens with zero attached hydrogens (tertiary/aromatic N) is 2. The molecule has 0 aliphatic heterocycles. The first-order valence-corrected chi connectivity index (χ1v) is 8.77. The number of ether oxygens (including phenoxy) is 2. The molecule has 3 N–H and O–H groups in total. The Kier molecular flexibility index (Phi) is 4.68. The third kappa shape index (κ3) is 3.40. The summed E-state index contributed by atoms with van der Waals surface area (Å²) in [5.41, 5.74) is 10.3. The highest BCUT2D eigenvalue weighted by Gasteiger charge is 2.10. The summed E-state index contributed by atoms with van der Waals surface area (Å²) >= 11 is 0. The van der Waals surface area contributed by atoms with Crippen LogP contribution >= 0.6 is 0 Å². The summed E-state index contributed by atoms with van der Waals surface area (Å²) < 4.78 is 10.8. The predicted molar refractivity (Wildman–Crippen MR) is 112 cm³/mol. The van der Waals surface area contributed by atoms with Crippen LogP contribution in [0.4, 0.5) is 17.2 Å². The van der Waals surface area contributed by atoms with Crippen LogP contribution in [0.25, 0.3) is 22.0 Å². The van der Waals surface area contributed by atoms with E-state index in [1.165, 1.54) is 6.33 Å². The molecule has 1 aromatic heterocycles. The van der Waals surface area contributed by atoms with Gasteiger partial charge in [-0.25, -0.2) is 9.97 Å². The van der Waals surface area contributed by atoms with Crippen molar-refractivity contribution in [3.05, 3.63) is 67.0 Å². The quantitative estimate of drug-likeness (QED) is 0.497. The molecule has 0 saturated carbocycles. The monoisotopic (exact) mass is 372 g/mol. The Morgan fingerprint density at radius 2 is 1.71 bits per heavy atom. The highest BCUT2D eigenvalue weighted by Crippen LogP contribution is 2.34. The number of hydrogen-bond donors (Lipinski definition) is 2. The molecule has 0 atom stereocenters. The Balaban J connectivity index is 1.77. The Morgan fingerprint density at radius 1 is 0.857 bits per heavy atom. The first-order chi connectivity index (χ1) is 13.7. The van der Waals surface area contributed by atoms with Crippen molar-refractivity contribution in [3.63, 3.8) is 0 Å². The molecule has 6 nitrogen and oxygen atoms in total. The lowest BCUT2D eigenvalue weighted by Crippen LogP contribution is -1.99. The van der Waals surface area contributed by atoms with Crippen LogP contribution in [0, 0.1) is 0 Å². The third-order valence-corrected chi connectivity index (χ3v) is 4.52. The van der Waals surface area contributed by atoms with Gasteiger partial charge in [-0.2, -0.15) is 0 Å². The fourth-order valence-electron chi connectivity index (χ4n) is 3.09. The van der Waals surface area contributed by atoms with Gasteiger partial charge in [0.05, 0.1) is 25.4 Å². The second kappa shape index (κ2) is 7.44. The van der Waals surface area contributed by atoms with E-state index in [2.05, 4.69) is 15.3 Å². The first-order valence-electron chi connectivity index (χ1n) is 8.77. The molecule has 0 fully saturated rings. The molecule has 0 saturated heterocycles. The fraction of sp³-hybridized carbons (Fsp3) is 0.0909. The van der Waals surface area contributed by atoms with Crippen LogP contribution in [0.15, 0.2) is 67.0 Å². The number of rotatable bonds is 5. The third-order valence-electron chi connectivity index (χ3n) is 4.52. The number of hydrogen-bond acceptors (Lipinski definition) is 6. The van der Waals surface area contributed by atoms with Gasteiger partial charge in [0.2, 0.25) is 0 Å². The lowest BCUT2D eigenvalue weighted by atomic mass is 10.0. The van der Waals surface area contributed by atoms with E-state index in [9.17, 15) is 0 Å². The molecule has 6 heteroatoms. The largest absolute Gasteiger partial charge is 0.497 e. The molecule has 0 radical (unpaired) electrons. The summed E-state index contributed by atoms with van der Waals surface area (Å²) in [6.45, 7) is 0. The van der Waals surface area contributed by atoms with Crippen LogP contribution in [-0.2, 0) is 0 Å². The summed E-state index contributed by atoms with van der Waals surface area (Å²) in [7, 11) is 3.28. The zero-order chi connectivity index (χ0) is 19.5. The van der Waals surface area contributed by atoms with E-state index in [4.69, 9.17) is 15.2 Å². The summed E-state index contributed by atoms with van der Waals surface area (Å²) in [5.74, 6) is 2.15. The zero-order valence-electron chi connectivity index (χ0n) is 15.6. The van der Waals surface area contributed by atoms with Gasteiger partial charge in [0, 0.05) is 17.1 Å². The van der Waals surface area contributed by atoms with Crippen molar-refractivity contribution in [2.24, 2.45) is 0 Å². The highest BCUT2D eigenvalue weighted by atomic mass is 16.5. The van der Waals surface area contributed by atoms with Crippen molar-refractivity contribution < 1.29 is 9.47 Å². The second-order valence-corrected chi connectivity index (χ2v) is 6.27. The van der Waals surface area contributed by atoms with Gasteiger partial charge < -0.3 is 20.5 Å². The normalized spacial score (nSPS) is 10.6. The van der Waals surface area contributed by atoms with E-state index in [0.29, 0.717) is 11.6 Å². The Labute approximate surface area is 163 Å². The number of aromatic nitrogens is 2. The summed E-state index contributed by atoms with van der Waals surface area (Å²) in [4.78, 5) is 8.74. The number of anilines is 3. The van der Waals surface area contributed by atoms with Gasteiger partial charge in [-0.1, -0.05) is 18.2 Å². The maximum atomic E-state index is 5.93. The number of methoxy groups -OCH3 is 2. The summed E-state index contributed by atoms with van der Waals surface area (Å²) in [6.07, 6.45) is 1.53. The van der Waals surface area contributed by atoms with Gasteiger partial charge >= 0.3 is 0 Å². The van der Waals surface area contributed by atoms with Gasteiger partial charge in [0.1, 0.15) is 23.6 Å². The van der Waals surface area contributed by atoms with Crippen molar-refractivity contribution in [1.82, 2.24) is 9.97 Å². The van der Waals surface area contributed by atoms with Gasteiger partial charge in [0.25, 0.3) is 0 Å². The zero-order valence-corrected chi connectivity index (χ0v) is 15.6. The number of benzene rings is 3. The fourth-order valence-corrected chi connectivity index (χ4v) is 3.09. The van der Waals surface area contributed by atoms with E-state index in [-0.39, 0.29) is 0 Å². The second-order valence-electron chi connectivity index (χ2n) is 6.27. The van der Waals surface area contributed by atoms with E-state index >= 15 is 0 Å². The van der Waals surface area contributed by atoms with Crippen LogP contribution in [0.2, 0.25) is 0 Å². The Hall–Kier alpha value is -3.80. The number of fused-ring (bicyclic) bond motifs is 1.